The van der Waals surface area contributed by atoms with Crippen LogP contribution in [0.3, 0.4) is 0 Å². The van der Waals surface area contributed by atoms with Crippen LogP contribution in [0.1, 0.15) is 25.0 Å². The minimum Gasteiger partial charge on any atom is -0.310 e. The molecule has 1 aliphatic carbocycles. The second-order valence-electron chi connectivity index (χ2n) is 12.5. The number of fused-ring (bicyclic) bond motifs is 8. The van der Waals surface area contributed by atoms with E-state index in [-0.39, 0.29) is 5.41 Å². The number of benzene rings is 7. The van der Waals surface area contributed by atoms with Crippen LogP contribution in [0.4, 0.5) is 17.1 Å². The van der Waals surface area contributed by atoms with Crippen LogP contribution in [-0.4, -0.2) is 0 Å². The van der Waals surface area contributed by atoms with Gasteiger partial charge in [-0.15, -0.1) is 11.3 Å². The highest BCUT2D eigenvalue weighted by molar-refractivity contribution is 7.26. The summed E-state index contributed by atoms with van der Waals surface area (Å²) in [5, 5.41) is 5.23. The Balaban J connectivity index is 1.30. The third-order valence-electron chi connectivity index (χ3n) is 9.67. The van der Waals surface area contributed by atoms with Gasteiger partial charge in [-0.05, 0) is 75.0 Å². The predicted molar refractivity (Wildman–Crippen MR) is 195 cm³/mol. The Hall–Kier alpha value is -5.18. The average molecular weight is 594 g/mol. The molecule has 0 bridgehead atoms. The van der Waals surface area contributed by atoms with E-state index in [9.17, 15) is 0 Å². The van der Waals surface area contributed by atoms with Crippen molar-refractivity contribution in [2.45, 2.75) is 19.3 Å². The monoisotopic (exact) mass is 593 g/mol. The zero-order valence-corrected chi connectivity index (χ0v) is 26.1. The SMILES string of the molecule is CC1(C)c2ccccc2-c2c1ccc1c(-c3cccc4c3sc3cccc(N(c5ccccc5)c5ccccc5)c34)cccc21. The van der Waals surface area contributed by atoms with Crippen molar-refractivity contribution < 1.29 is 0 Å². The number of rotatable bonds is 4. The van der Waals surface area contributed by atoms with Crippen LogP contribution < -0.4 is 4.90 Å². The van der Waals surface area contributed by atoms with E-state index in [1.165, 1.54) is 70.0 Å². The lowest BCUT2D eigenvalue weighted by Crippen LogP contribution is -2.14. The summed E-state index contributed by atoms with van der Waals surface area (Å²) in [4.78, 5) is 2.39. The number of anilines is 3. The van der Waals surface area contributed by atoms with E-state index in [0.29, 0.717) is 0 Å². The average Bonchev–Trinajstić information content (AvgIpc) is 3.59. The second kappa shape index (κ2) is 9.92. The van der Waals surface area contributed by atoms with Crippen molar-refractivity contribution in [1.82, 2.24) is 0 Å². The summed E-state index contributed by atoms with van der Waals surface area (Å²) in [5.41, 5.74) is 11.7. The maximum absolute atomic E-state index is 2.39. The summed E-state index contributed by atoms with van der Waals surface area (Å²) < 4.78 is 2.62. The highest BCUT2D eigenvalue weighted by Crippen LogP contribution is 2.53. The molecule has 1 nitrogen and oxygen atoms in total. The van der Waals surface area contributed by atoms with Gasteiger partial charge in [0.1, 0.15) is 0 Å². The minimum absolute atomic E-state index is 0.0125. The van der Waals surface area contributed by atoms with Gasteiger partial charge in [0.05, 0.1) is 5.69 Å². The first-order valence-electron chi connectivity index (χ1n) is 15.6. The van der Waals surface area contributed by atoms with Gasteiger partial charge in [0, 0.05) is 42.5 Å². The summed E-state index contributed by atoms with van der Waals surface area (Å²) in [6.07, 6.45) is 0. The van der Waals surface area contributed by atoms with Gasteiger partial charge < -0.3 is 4.90 Å². The Morgan fingerprint density at radius 2 is 1.09 bits per heavy atom. The highest BCUT2D eigenvalue weighted by atomic mass is 32.1. The Kier molecular flexibility index (Phi) is 5.78. The number of hydrogen-bond donors (Lipinski definition) is 0. The van der Waals surface area contributed by atoms with Gasteiger partial charge in [0.15, 0.2) is 0 Å². The van der Waals surface area contributed by atoms with Crippen molar-refractivity contribution >= 4 is 59.3 Å². The van der Waals surface area contributed by atoms with Gasteiger partial charge in [-0.25, -0.2) is 0 Å². The van der Waals surface area contributed by atoms with Gasteiger partial charge in [0.2, 0.25) is 0 Å². The molecule has 0 radical (unpaired) electrons. The number of para-hydroxylation sites is 2. The predicted octanol–water partition coefficient (Wildman–Crippen LogP) is 12.7. The molecule has 45 heavy (non-hydrogen) atoms. The maximum Gasteiger partial charge on any atom is 0.0554 e. The Morgan fingerprint density at radius 3 is 1.84 bits per heavy atom. The molecule has 0 atom stereocenters. The van der Waals surface area contributed by atoms with Crippen LogP contribution in [0, 0.1) is 0 Å². The van der Waals surface area contributed by atoms with E-state index >= 15 is 0 Å². The minimum atomic E-state index is -0.0125. The molecule has 0 saturated heterocycles. The number of hydrogen-bond acceptors (Lipinski definition) is 2. The first kappa shape index (κ1) is 26.2. The molecule has 1 aliphatic rings. The molecule has 2 heteroatoms. The summed E-state index contributed by atoms with van der Waals surface area (Å²) in [7, 11) is 0. The largest absolute Gasteiger partial charge is 0.310 e. The third-order valence-corrected chi connectivity index (χ3v) is 10.9. The van der Waals surface area contributed by atoms with Gasteiger partial charge in [-0.3, -0.25) is 0 Å². The first-order valence-corrected chi connectivity index (χ1v) is 16.4. The van der Waals surface area contributed by atoms with E-state index in [4.69, 9.17) is 0 Å². The van der Waals surface area contributed by atoms with Crippen LogP contribution in [0.2, 0.25) is 0 Å². The van der Waals surface area contributed by atoms with Gasteiger partial charge in [-0.1, -0.05) is 129 Å². The molecule has 0 unspecified atom stereocenters. The second-order valence-corrected chi connectivity index (χ2v) is 13.6. The van der Waals surface area contributed by atoms with E-state index in [1.54, 1.807) is 0 Å². The van der Waals surface area contributed by atoms with Crippen molar-refractivity contribution in [3.05, 3.63) is 163 Å². The van der Waals surface area contributed by atoms with Crippen molar-refractivity contribution in [2.24, 2.45) is 0 Å². The molecule has 0 N–H and O–H groups in total. The molecule has 0 fully saturated rings. The fraction of sp³-hybridized carbons (Fsp3) is 0.0698. The third kappa shape index (κ3) is 3.86. The molecule has 214 valence electrons. The van der Waals surface area contributed by atoms with E-state index in [2.05, 4.69) is 170 Å². The van der Waals surface area contributed by atoms with Gasteiger partial charge in [-0.2, -0.15) is 0 Å². The zero-order valence-electron chi connectivity index (χ0n) is 25.3. The van der Waals surface area contributed by atoms with Crippen LogP contribution in [0.5, 0.6) is 0 Å². The number of thiophene rings is 1. The number of nitrogens with zero attached hydrogens (tertiary/aromatic N) is 1. The molecule has 1 heterocycles. The molecule has 7 aromatic carbocycles. The lowest BCUT2D eigenvalue weighted by molar-refractivity contribution is 0.661. The molecular weight excluding hydrogens is 563 g/mol. The quantitative estimate of drug-likeness (QED) is 0.196. The molecule has 0 amide bonds. The Morgan fingerprint density at radius 1 is 0.467 bits per heavy atom. The fourth-order valence-corrected chi connectivity index (χ4v) is 8.85. The Bertz CT molecular complexity index is 2360. The van der Waals surface area contributed by atoms with Crippen molar-refractivity contribution in [2.75, 3.05) is 4.90 Å². The van der Waals surface area contributed by atoms with E-state index in [1.807, 2.05) is 11.3 Å². The normalized spacial score (nSPS) is 13.3. The first-order chi connectivity index (χ1) is 22.1. The fourth-order valence-electron chi connectivity index (χ4n) is 7.60. The lowest BCUT2D eigenvalue weighted by Gasteiger charge is -2.26. The molecule has 1 aromatic heterocycles. The van der Waals surface area contributed by atoms with Crippen molar-refractivity contribution in [3.8, 4) is 22.3 Å². The van der Waals surface area contributed by atoms with Crippen molar-refractivity contribution in [3.63, 3.8) is 0 Å². The smallest absolute Gasteiger partial charge is 0.0554 e. The zero-order chi connectivity index (χ0) is 30.1. The highest BCUT2D eigenvalue weighted by Gasteiger charge is 2.36. The van der Waals surface area contributed by atoms with Crippen LogP contribution >= 0.6 is 11.3 Å². The lowest BCUT2D eigenvalue weighted by atomic mass is 9.82. The standard InChI is InChI=1S/C43H31NS/c1-43(2)36-23-10-9-18-34(36)40-32-20-11-19-30(31(32)26-27-37(40)43)33-21-12-22-35-41-38(24-13-25-39(41)45-42(33)35)44(28-14-5-3-6-15-28)29-16-7-4-8-17-29/h3-27H,1-2H3. The molecule has 0 aliphatic heterocycles. The molecular formula is C43H31NS. The molecule has 0 saturated carbocycles. The van der Waals surface area contributed by atoms with Crippen molar-refractivity contribution in [1.29, 1.82) is 0 Å². The molecule has 8 aromatic rings. The summed E-state index contributed by atoms with van der Waals surface area (Å²) >= 11 is 1.90. The van der Waals surface area contributed by atoms with E-state index < -0.39 is 0 Å². The molecule has 0 spiro atoms. The summed E-state index contributed by atoms with van der Waals surface area (Å²) in [5.74, 6) is 0. The van der Waals surface area contributed by atoms with Gasteiger partial charge in [0.25, 0.3) is 0 Å². The van der Waals surface area contributed by atoms with Crippen LogP contribution in [0.25, 0.3) is 53.2 Å². The topological polar surface area (TPSA) is 3.24 Å². The van der Waals surface area contributed by atoms with Gasteiger partial charge >= 0.3 is 0 Å². The summed E-state index contributed by atoms with van der Waals surface area (Å²) in [6, 6.07) is 55.6. The van der Waals surface area contributed by atoms with Crippen LogP contribution in [-0.2, 0) is 5.41 Å². The maximum atomic E-state index is 2.39. The van der Waals surface area contributed by atoms with E-state index in [0.717, 1.165) is 11.4 Å². The Labute approximate surface area is 267 Å². The summed E-state index contributed by atoms with van der Waals surface area (Å²) in [6.45, 7) is 4.72. The molecule has 9 rings (SSSR count). The van der Waals surface area contributed by atoms with Crippen LogP contribution in [0.15, 0.2) is 152 Å².